The number of H-pyrrole nitrogens is 1. The van der Waals surface area contributed by atoms with Gasteiger partial charge in [0.25, 0.3) is 0 Å². The van der Waals surface area contributed by atoms with Crippen molar-refractivity contribution in [3.05, 3.63) is 54.3 Å². The van der Waals surface area contributed by atoms with Gasteiger partial charge in [-0.1, -0.05) is 72.8 Å². The van der Waals surface area contributed by atoms with E-state index in [4.69, 9.17) is 9.72 Å². The van der Waals surface area contributed by atoms with Crippen LogP contribution in [0.25, 0.3) is 11.3 Å². The fourth-order valence-electron chi connectivity index (χ4n) is 16.6. The van der Waals surface area contributed by atoms with E-state index in [1.54, 1.807) is 12.3 Å². The summed E-state index contributed by atoms with van der Waals surface area (Å²) in [6, 6.07) is 6.46. The van der Waals surface area contributed by atoms with Crippen LogP contribution in [0.3, 0.4) is 0 Å². The smallest absolute Gasteiger partial charge is 0.309 e. The number of hydrogen-bond acceptors (Lipinski definition) is 5. The van der Waals surface area contributed by atoms with Crippen molar-refractivity contribution in [1.29, 1.82) is 0 Å². The number of aliphatic carboxylic acids is 1. The first-order valence-corrected chi connectivity index (χ1v) is 23.4. The number of aromatic nitrogens is 2. The van der Waals surface area contributed by atoms with Gasteiger partial charge in [0.15, 0.2) is 0 Å². The fourth-order valence-corrected chi connectivity index (χ4v) is 16.6. The Balaban J connectivity index is 0.967. The van der Waals surface area contributed by atoms with E-state index in [0.717, 1.165) is 101 Å². The average molecular weight is 824 g/mol. The predicted molar refractivity (Wildman–Crippen MR) is 230 cm³/mol. The topological polar surface area (TPSA) is 113 Å². The summed E-state index contributed by atoms with van der Waals surface area (Å²) in [6.45, 7) is 23.8. The monoisotopic (exact) mass is 824 g/mol. The van der Waals surface area contributed by atoms with Crippen LogP contribution in [-0.4, -0.2) is 50.5 Å². The van der Waals surface area contributed by atoms with Gasteiger partial charge in [-0.3, -0.25) is 14.4 Å². The quantitative estimate of drug-likeness (QED) is 0.212. The van der Waals surface area contributed by atoms with Gasteiger partial charge in [0.1, 0.15) is 17.7 Å². The molecule has 7 fully saturated rings. The molecule has 0 spiro atoms. The molecule has 2 aromatic rings. The minimum absolute atomic E-state index is 0.0750. The van der Waals surface area contributed by atoms with Crippen molar-refractivity contribution in [2.45, 2.75) is 151 Å². The van der Waals surface area contributed by atoms with Crippen molar-refractivity contribution in [1.82, 2.24) is 14.9 Å². The zero-order valence-electron chi connectivity index (χ0n) is 37.5. The lowest BCUT2D eigenvalue weighted by molar-refractivity contribution is -0.251. The van der Waals surface area contributed by atoms with Crippen LogP contribution in [0.4, 0.5) is 4.39 Å². The lowest BCUT2D eigenvalue weighted by Crippen LogP contribution is -2.67. The van der Waals surface area contributed by atoms with Gasteiger partial charge in [-0.15, -0.1) is 0 Å². The molecule has 1 amide bonds. The molecule has 13 atom stereocenters. The number of esters is 1. The van der Waals surface area contributed by atoms with E-state index in [1.165, 1.54) is 17.7 Å². The number of nitrogens with one attached hydrogen (secondary N) is 1. The third-order valence-corrected chi connectivity index (χ3v) is 20.1. The highest BCUT2D eigenvalue weighted by molar-refractivity contribution is 5.85. The molecule has 60 heavy (non-hydrogen) atoms. The van der Waals surface area contributed by atoms with Crippen molar-refractivity contribution >= 4 is 17.8 Å². The molecule has 1 aliphatic heterocycles. The summed E-state index contributed by atoms with van der Waals surface area (Å²) < 4.78 is 20.6. The molecule has 0 bridgehead atoms. The Bertz CT molecular complexity index is 2090. The van der Waals surface area contributed by atoms with E-state index in [2.05, 4.69) is 58.0 Å². The van der Waals surface area contributed by atoms with Crippen molar-refractivity contribution < 1.29 is 28.6 Å². The third-order valence-electron chi connectivity index (χ3n) is 20.1. The fraction of sp³-hybridized carbons (Fsp3) is 0.725. The third kappa shape index (κ3) is 5.77. The number of allylic oxidation sites excluding steroid dienone is 1. The van der Waals surface area contributed by atoms with E-state index < -0.39 is 22.7 Å². The molecule has 326 valence electrons. The lowest BCUT2D eigenvalue weighted by atomic mass is 9.32. The van der Waals surface area contributed by atoms with Crippen molar-refractivity contribution in [2.75, 3.05) is 6.54 Å². The number of likely N-dealkylation sites (tertiary alicyclic amines) is 1. The maximum absolute atomic E-state index is 15.5. The molecule has 0 radical (unpaired) electrons. The van der Waals surface area contributed by atoms with Crippen LogP contribution < -0.4 is 0 Å². The summed E-state index contributed by atoms with van der Waals surface area (Å²) in [7, 11) is 0. The summed E-state index contributed by atoms with van der Waals surface area (Å²) in [5, 5.41) is 9.70. The normalized spacial score (nSPS) is 42.5. The van der Waals surface area contributed by atoms with E-state index in [9.17, 15) is 19.1 Å². The molecule has 9 rings (SSSR count). The van der Waals surface area contributed by atoms with Crippen LogP contribution >= 0.6 is 0 Å². The van der Waals surface area contributed by atoms with E-state index in [0.29, 0.717) is 36.0 Å². The predicted octanol–water partition coefficient (Wildman–Crippen LogP) is 11.2. The Morgan fingerprint density at radius 1 is 0.883 bits per heavy atom. The highest BCUT2D eigenvalue weighted by Crippen LogP contribution is 2.78. The summed E-state index contributed by atoms with van der Waals surface area (Å²) in [5.74, 6) is 0.865. The molecular weight excluding hydrogens is 754 g/mol. The maximum Gasteiger partial charge on any atom is 0.309 e. The number of carbonyl (C=O) groups is 3. The van der Waals surface area contributed by atoms with Gasteiger partial charge in [0.05, 0.1) is 35.2 Å². The number of benzene rings is 1. The molecule has 6 saturated carbocycles. The van der Waals surface area contributed by atoms with Gasteiger partial charge in [-0.25, -0.2) is 9.37 Å². The number of halogens is 1. The van der Waals surface area contributed by atoms with Crippen molar-refractivity contribution in [2.24, 2.45) is 73.9 Å². The molecule has 1 aromatic heterocycles. The van der Waals surface area contributed by atoms with Crippen LogP contribution in [0.5, 0.6) is 0 Å². The first-order chi connectivity index (χ1) is 28.2. The second-order valence-electron chi connectivity index (χ2n) is 23.0. The Hall–Kier alpha value is -3.49. The van der Waals surface area contributed by atoms with Crippen molar-refractivity contribution in [3.8, 4) is 11.3 Å². The number of aromatic amines is 1. The number of carboxylic acid groups (broad SMARTS) is 1. The summed E-state index contributed by atoms with van der Waals surface area (Å²) in [4.78, 5) is 51.5. The number of carbonyl (C=O) groups excluding carboxylic acids is 2. The molecule has 1 saturated heterocycles. The summed E-state index contributed by atoms with van der Waals surface area (Å²) >= 11 is 0. The second-order valence-corrected chi connectivity index (χ2v) is 23.0. The van der Waals surface area contributed by atoms with Crippen LogP contribution in [0.2, 0.25) is 0 Å². The molecule has 2 N–H and O–H groups in total. The van der Waals surface area contributed by atoms with Crippen LogP contribution in [-0.2, 0) is 19.1 Å². The SMILES string of the molecule is C=C(C)[C@@H]1CC[C@]2(C(=O)N3CCC[C@H]3c3ncc(-c4cccc(F)c4)[nH]3)CC[C@]3(C)[C@H](CC[C@@H]4[C@@]5(C)CC[C@H](OC(=O)[C@H]6C[C@@H](C(=O)O)C6(C)C)C(C)(C)[C@@H]5CC[C@]43C)[C@@H]12. The number of fused-ring (bicyclic) bond motifs is 7. The van der Waals surface area contributed by atoms with E-state index in [-0.39, 0.29) is 57.4 Å². The molecule has 8 nitrogen and oxygen atoms in total. The van der Waals surface area contributed by atoms with Crippen LogP contribution in [0.15, 0.2) is 42.6 Å². The minimum atomic E-state index is -0.826. The summed E-state index contributed by atoms with van der Waals surface area (Å²) in [6.07, 6.45) is 14.0. The Morgan fingerprint density at radius 2 is 1.65 bits per heavy atom. The highest BCUT2D eigenvalue weighted by Gasteiger charge is 2.72. The molecule has 6 aliphatic carbocycles. The molecule has 0 unspecified atom stereocenters. The largest absolute Gasteiger partial charge is 0.481 e. The van der Waals surface area contributed by atoms with Crippen molar-refractivity contribution in [3.63, 3.8) is 0 Å². The van der Waals surface area contributed by atoms with Gasteiger partial charge in [0.2, 0.25) is 5.91 Å². The zero-order valence-corrected chi connectivity index (χ0v) is 37.5. The highest BCUT2D eigenvalue weighted by atomic mass is 19.1. The number of ether oxygens (including phenoxy) is 1. The van der Waals surface area contributed by atoms with Gasteiger partial charge in [-0.2, -0.15) is 0 Å². The number of rotatable bonds is 7. The first-order valence-electron chi connectivity index (χ1n) is 23.4. The number of hydrogen-bond donors (Lipinski definition) is 2. The van der Waals surface area contributed by atoms with Gasteiger partial charge in [0, 0.05) is 17.5 Å². The lowest BCUT2D eigenvalue weighted by Gasteiger charge is -2.73. The zero-order chi connectivity index (χ0) is 42.9. The average Bonchev–Trinajstić information content (AvgIpc) is 3.95. The molecular formula is C51H70FN3O5. The Kier molecular flexibility index (Phi) is 9.77. The van der Waals surface area contributed by atoms with Gasteiger partial charge in [-0.05, 0) is 154 Å². The number of amides is 1. The molecule has 2 heterocycles. The Labute approximate surface area is 357 Å². The molecule has 9 heteroatoms. The number of carboxylic acids is 1. The van der Waals surface area contributed by atoms with Gasteiger partial charge < -0.3 is 19.7 Å². The molecule has 7 aliphatic rings. The number of imidazole rings is 1. The summed E-state index contributed by atoms with van der Waals surface area (Å²) in [5.41, 5.74) is 1.82. The first kappa shape index (κ1) is 41.8. The number of nitrogens with zero attached hydrogens (tertiary/aromatic N) is 2. The van der Waals surface area contributed by atoms with Gasteiger partial charge >= 0.3 is 11.9 Å². The second kappa shape index (κ2) is 14.0. The maximum atomic E-state index is 15.5. The van der Waals surface area contributed by atoms with E-state index >= 15 is 4.79 Å². The Morgan fingerprint density at radius 3 is 2.35 bits per heavy atom. The van der Waals surface area contributed by atoms with Crippen LogP contribution in [0, 0.1) is 79.7 Å². The van der Waals surface area contributed by atoms with E-state index in [1.807, 2.05) is 19.9 Å². The van der Waals surface area contributed by atoms with Crippen LogP contribution in [0.1, 0.15) is 151 Å². The minimum Gasteiger partial charge on any atom is -0.481 e. The molecule has 1 aromatic carbocycles. The standard InChI is InChI=1S/C51H70FN3O5/c1-29(2)32-17-22-51(45(59)55-25-11-14-37(55)42-53-28-36(54-42)30-12-10-13-31(52)26-30)24-23-49(8)33(41(32)51)15-16-39-48(7)20-19-40(47(5,6)38(48)18-21-50(39,49)9)60-44(58)35-27-34(43(56)57)46(35,3)4/h10,12-13,26,28,32-35,37-41H,1,11,14-25,27H2,2-9H3,(H,53,54)(H,56,57)/t32-,33+,34-,35+,37-,38-,39+,40-,41+,48-,49+,50+,51-/m0/s1.